The van der Waals surface area contributed by atoms with Crippen molar-refractivity contribution in [2.24, 2.45) is 0 Å². The van der Waals surface area contributed by atoms with Crippen LogP contribution in [-0.2, 0) is 0 Å². The molecular weight excluding hydrogens is 310 g/mol. The molecule has 124 valence electrons. The van der Waals surface area contributed by atoms with Gasteiger partial charge in [0.2, 0.25) is 0 Å². The fraction of sp³-hybridized carbons (Fsp3) is 0.150. The second-order valence-corrected chi connectivity index (χ2v) is 5.92. The Morgan fingerprint density at radius 1 is 0.760 bits per heavy atom. The highest BCUT2D eigenvalue weighted by molar-refractivity contribution is 5.64. The largest absolute Gasteiger partial charge is 0.340 e. The minimum Gasteiger partial charge on any atom is -0.340 e. The predicted octanol–water partition coefficient (Wildman–Crippen LogP) is 4.76. The lowest BCUT2D eigenvalue weighted by Crippen LogP contribution is -2.01. The van der Waals surface area contributed by atoms with Crippen LogP contribution in [0.4, 0.5) is 23.0 Å². The number of aromatic nitrogens is 2. The molecule has 1 aromatic heterocycles. The molecule has 5 heteroatoms. The Labute approximate surface area is 147 Å². The van der Waals surface area contributed by atoms with Crippen molar-refractivity contribution in [3.63, 3.8) is 0 Å². The monoisotopic (exact) mass is 329 g/mol. The summed E-state index contributed by atoms with van der Waals surface area (Å²) in [5, 5.41) is 15.4. The van der Waals surface area contributed by atoms with Gasteiger partial charge in [-0.3, -0.25) is 0 Å². The number of aryl methyl sites for hydroxylation is 3. The zero-order valence-electron chi connectivity index (χ0n) is 14.5. The van der Waals surface area contributed by atoms with Crippen LogP contribution in [0.5, 0.6) is 0 Å². The molecule has 0 radical (unpaired) electrons. The molecule has 0 spiro atoms. The van der Waals surface area contributed by atoms with E-state index in [9.17, 15) is 0 Å². The SMILES string of the molecule is Cc1nc(Nc2ccc(C#N)cc2)cc(Nc2ccc(C)c(C)c2)n1. The van der Waals surface area contributed by atoms with Crippen molar-refractivity contribution in [1.29, 1.82) is 5.26 Å². The number of hydrogen-bond acceptors (Lipinski definition) is 5. The first-order valence-electron chi connectivity index (χ1n) is 8.00. The molecule has 0 saturated heterocycles. The fourth-order valence-electron chi connectivity index (χ4n) is 2.44. The third-order valence-electron chi connectivity index (χ3n) is 3.90. The highest BCUT2D eigenvalue weighted by Crippen LogP contribution is 2.22. The van der Waals surface area contributed by atoms with E-state index in [2.05, 4.69) is 52.7 Å². The summed E-state index contributed by atoms with van der Waals surface area (Å²) in [5.74, 6) is 2.10. The van der Waals surface area contributed by atoms with Gasteiger partial charge in [-0.05, 0) is 68.3 Å². The number of nitrogens with one attached hydrogen (secondary N) is 2. The van der Waals surface area contributed by atoms with Crippen molar-refractivity contribution < 1.29 is 0 Å². The third kappa shape index (κ3) is 4.12. The molecule has 1 heterocycles. The molecular formula is C20H19N5. The normalized spacial score (nSPS) is 10.2. The summed E-state index contributed by atoms with van der Waals surface area (Å²) >= 11 is 0. The average Bonchev–Trinajstić information content (AvgIpc) is 2.58. The Kier molecular flexibility index (Phi) is 4.62. The lowest BCUT2D eigenvalue weighted by Gasteiger charge is -2.11. The molecule has 0 aliphatic rings. The van der Waals surface area contributed by atoms with Crippen LogP contribution in [0.3, 0.4) is 0 Å². The first kappa shape index (κ1) is 16.5. The van der Waals surface area contributed by atoms with E-state index < -0.39 is 0 Å². The predicted molar refractivity (Wildman–Crippen MR) is 100 cm³/mol. The minimum absolute atomic E-state index is 0.626. The molecule has 0 aliphatic heterocycles. The van der Waals surface area contributed by atoms with E-state index >= 15 is 0 Å². The van der Waals surface area contributed by atoms with Crippen LogP contribution in [0.15, 0.2) is 48.5 Å². The molecule has 0 atom stereocenters. The summed E-state index contributed by atoms with van der Waals surface area (Å²) in [6, 6.07) is 17.4. The van der Waals surface area contributed by atoms with Gasteiger partial charge in [-0.1, -0.05) is 6.07 Å². The summed E-state index contributed by atoms with van der Waals surface area (Å²) in [6.45, 7) is 6.03. The maximum absolute atomic E-state index is 8.87. The van der Waals surface area contributed by atoms with E-state index in [1.54, 1.807) is 12.1 Å². The topological polar surface area (TPSA) is 73.6 Å². The van der Waals surface area contributed by atoms with E-state index in [1.165, 1.54) is 11.1 Å². The second-order valence-electron chi connectivity index (χ2n) is 5.92. The number of rotatable bonds is 4. The molecule has 0 aliphatic carbocycles. The van der Waals surface area contributed by atoms with Gasteiger partial charge >= 0.3 is 0 Å². The summed E-state index contributed by atoms with van der Waals surface area (Å²) in [6.07, 6.45) is 0. The van der Waals surface area contributed by atoms with Crippen LogP contribution in [0.1, 0.15) is 22.5 Å². The number of nitriles is 1. The standard InChI is InChI=1S/C20H19N5/c1-13-4-7-18(10-14(13)2)25-20-11-19(22-15(3)23-20)24-17-8-5-16(12-21)6-9-17/h4-11H,1-3H3,(H2,22,23,24,25). The maximum Gasteiger partial charge on any atom is 0.136 e. The average molecular weight is 329 g/mol. The van der Waals surface area contributed by atoms with E-state index in [-0.39, 0.29) is 0 Å². The van der Waals surface area contributed by atoms with Gasteiger partial charge in [0.25, 0.3) is 0 Å². The lowest BCUT2D eigenvalue weighted by atomic mass is 10.1. The first-order chi connectivity index (χ1) is 12.0. The lowest BCUT2D eigenvalue weighted by molar-refractivity contribution is 1.06. The highest BCUT2D eigenvalue weighted by Gasteiger charge is 2.04. The van der Waals surface area contributed by atoms with E-state index in [1.807, 2.05) is 31.2 Å². The fourth-order valence-corrected chi connectivity index (χ4v) is 2.44. The van der Waals surface area contributed by atoms with Crippen LogP contribution in [-0.4, -0.2) is 9.97 Å². The van der Waals surface area contributed by atoms with Crippen LogP contribution in [0.2, 0.25) is 0 Å². The number of hydrogen-bond donors (Lipinski definition) is 2. The Morgan fingerprint density at radius 3 is 1.96 bits per heavy atom. The van der Waals surface area contributed by atoms with Gasteiger partial charge in [0.1, 0.15) is 17.5 Å². The molecule has 0 unspecified atom stereocenters. The Hall–Kier alpha value is -3.39. The molecule has 0 saturated carbocycles. The van der Waals surface area contributed by atoms with E-state index in [0.29, 0.717) is 17.2 Å². The van der Waals surface area contributed by atoms with Crippen LogP contribution in [0, 0.1) is 32.1 Å². The van der Waals surface area contributed by atoms with Gasteiger partial charge in [0.05, 0.1) is 11.6 Å². The van der Waals surface area contributed by atoms with E-state index in [4.69, 9.17) is 5.26 Å². The minimum atomic E-state index is 0.626. The molecule has 3 rings (SSSR count). The van der Waals surface area contributed by atoms with Crippen LogP contribution in [0.25, 0.3) is 0 Å². The van der Waals surface area contributed by atoms with Crippen LogP contribution < -0.4 is 10.6 Å². The molecule has 0 amide bonds. The molecule has 25 heavy (non-hydrogen) atoms. The first-order valence-corrected chi connectivity index (χ1v) is 8.00. The van der Waals surface area contributed by atoms with Gasteiger partial charge in [0.15, 0.2) is 0 Å². The summed E-state index contributed by atoms with van der Waals surface area (Å²) in [5.41, 5.74) is 4.97. The van der Waals surface area contributed by atoms with Crippen molar-refractivity contribution in [2.45, 2.75) is 20.8 Å². The summed E-state index contributed by atoms with van der Waals surface area (Å²) < 4.78 is 0. The van der Waals surface area contributed by atoms with Gasteiger partial charge in [-0.25, -0.2) is 9.97 Å². The Morgan fingerprint density at radius 2 is 1.36 bits per heavy atom. The van der Waals surface area contributed by atoms with Crippen molar-refractivity contribution >= 4 is 23.0 Å². The number of anilines is 4. The number of nitrogens with zero attached hydrogens (tertiary/aromatic N) is 3. The van der Waals surface area contributed by atoms with E-state index in [0.717, 1.165) is 17.2 Å². The van der Waals surface area contributed by atoms with Gasteiger partial charge in [-0.15, -0.1) is 0 Å². The third-order valence-corrected chi connectivity index (χ3v) is 3.90. The Balaban J connectivity index is 1.82. The zero-order valence-corrected chi connectivity index (χ0v) is 14.5. The Bertz CT molecular complexity index is 939. The summed E-state index contributed by atoms with van der Waals surface area (Å²) in [7, 11) is 0. The molecule has 3 aromatic rings. The van der Waals surface area contributed by atoms with Crippen molar-refractivity contribution in [1.82, 2.24) is 9.97 Å². The summed E-state index contributed by atoms with van der Waals surface area (Å²) in [4.78, 5) is 8.86. The molecule has 2 aromatic carbocycles. The number of benzene rings is 2. The zero-order chi connectivity index (χ0) is 17.8. The molecule has 0 fully saturated rings. The van der Waals surface area contributed by atoms with Crippen molar-refractivity contribution in [3.05, 3.63) is 71.0 Å². The van der Waals surface area contributed by atoms with Crippen molar-refractivity contribution in [2.75, 3.05) is 10.6 Å². The second kappa shape index (κ2) is 7.02. The molecule has 0 bridgehead atoms. The van der Waals surface area contributed by atoms with Gasteiger partial charge in [-0.2, -0.15) is 5.26 Å². The van der Waals surface area contributed by atoms with Gasteiger partial charge < -0.3 is 10.6 Å². The molecule has 5 nitrogen and oxygen atoms in total. The quantitative estimate of drug-likeness (QED) is 0.722. The van der Waals surface area contributed by atoms with Crippen molar-refractivity contribution in [3.8, 4) is 6.07 Å². The highest BCUT2D eigenvalue weighted by atomic mass is 15.1. The molecule has 2 N–H and O–H groups in total. The van der Waals surface area contributed by atoms with Crippen LogP contribution >= 0.6 is 0 Å². The smallest absolute Gasteiger partial charge is 0.136 e. The maximum atomic E-state index is 8.87. The van der Waals surface area contributed by atoms with Gasteiger partial charge in [0, 0.05) is 17.4 Å².